The molecule has 0 fully saturated rings. The van der Waals surface area contributed by atoms with Gasteiger partial charge in [0.1, 0.15) is 11.2 Å². The summed E-state index contributed by atoms with van der Waals surface area (Å²) in [5, 5.41) is 7.30. The van der Waals surface area contributed by atoms with E-state index in [-0.39, 0.29) is 0 Å². The number of nitrogens with zero attached hydrogens (tertiary/aromatic N) is 2. The average molecular weight is 931 g/mol. The lowest BCUT2D eigenvalue weighted by Crippen LogP contribution is -2.09. The van der Waals surface area contributed by atoms with Gasteiger partial charge in [0, 0.05) is 44.3 Å². The fraction of sp³-hybridized carbons (Fsp3) is 0. The first-order chi connectivity index (χ1) is 36.2. The molecule has 0 amide bonds. The molecule has 73 heavy (non-hydrogen) atoms. The van der Waals surface area contributed by atoms with E-state index in [0.717, 1.165) is 72.5 Å². The summed E-state index contributed by atoms with van der Waals surface area (Å²) < 4.78 is 8.64. The lowest BCUT2D eigenvalue weighted by Gasteiger charge is -2.26. The van der Waals surface area contributed by atoms with Gasteiger partial charge in [0.15, 0.2) is 0 Å². The molecule has 0 radical (unpaired) electrons. The zero-order valence-electron chi connectivity index (χ0n) is 39.9. The first-order valence-electron chi connectivity index (χ1n) is 25.0. The Labute approximate surface area is 423 Å². The molecule has 0 unspecified atom stereocenters. The molecule has 342 valence electrons. The molecule has 0 N–H and O–H groups in total. The smallest absolute Gasteiger partial charge is 0.136 e. The molecule has 0 atom stereocenters. The zero-order valence-corrected chi connectivity index (χ0v) is 39.9. The summed E-state index contributed by atoms with van der Waals surface area (Å²) in [6.07, 6.45) is 0. The van der Waals surface area contributed by atoms with Crippen LogP contribution in [0, 0.1) is 0 Å². The lowest BCUT2D eigenvalue weighted by molar-refractivity contribution is 0.669. The molecule has 0 aliphatic rings. The van der Waals surface area contributed by atoms with E-state index in [1.807, 2.05) is 12.1 Å². The number of para-hydroxylation sites is 3. The number of furan rings is 1. The summed E-state index contributed by atoms with van der Waals surface area (Å²) in [4.78, 5) is 2.35. The molecular formula is C70H46N2O. The number of hydrogen-bond donors (Lipinski definition) is 0. The minimum absolute atomic E-state index is 0.901. The monoisotopic (exact) mass is 930 g/mol. The number of aromatic nitrogens is 1. The van der Waals surface area contributed by atoms with Crippen LogP contribution in [0.1, 0.15) is 0 Å². The molecule has 12 aromatic carbocycles. The van der Waals surface area contributed by atoms with Crippen molar-refractivity contribution in [3.63, 3.8) is 0 Å². The lowest BCUT2D eigenvalue weighted by atomic mass is 9.97. The molecule has 2 heterocycles. The number of anilines is 3. The van der Waals surface area contributed by atoms with Gasteiger partial charge >= 0.3 is 0 Å². The van der Waals surface area contributed by atoms with Crippen molar-refractivity contribution in [3.05, 3.63) is 279 Å². The highest BCUT2D eigenvalue weighted by atomic mass is 16.3. The quantitative estimate of drug-likeness (QED) is 0.144. The van der Waals surface area contributed by atoms with Gasteiger partial charge in [-0.2, -0.15) is 0 Å². The Bertz CT molecular complexity index is 4290. The van der Waals surface area contributed by atoms with Crippen molar-refractivity contribution in [3.8, 4) is 61.3 Å². The van der Waals surface area contributed by atoms with E-state index >= 15 is 0 Å². The Kier molecular flexibility index (Phi) is 10.2. The van der Waals surface area contributed by atoms with Crippen LogP contribution >= 0.6 is 0 Å². The summed E-state index contributed by atoms with van der Waals surface area (Å²) in [7, 11) is 0. The molecule has 3 nitrogen and oxygen atoms in total. The van der Waals surface area contributed by atoms with E-state index in [1.165, 1.54) is 60.4 Å². The van der Waals surface area contributed by atoms with Crippen LogP contribution < -0.4 is 4.90 Å². The standard InChI is InChI=1S/C70H46N2O/c1-2-18-61-51(12-1)13-11-22-62(61)52-34-41-59(42-35-52)71(58-39-32-50(33-40-58)53-14-9-15-54(44-53)56-36-43-66-65-21-5-8-25-69(65)73-70(66)46-56)57-37-30-48(31-38-57)47-26-28-49(29-27-47)55-16-10-17-60(45-55)72-67-23-6-3-19-63(67)64-20-4-7-24-68(64)72/h1-46H. The van der Waals surface area contributed by atoms with Gasteiger partial charge in [-0.15, -0.1) is 0 Å². The predicted molar refractivity (Wildman–Crippen MR) is 307 cm³/mol. The van der Waals surface area contributed by atoms with Gasteiger partial charge in [0.2, 0.25) is 0 Å². The van der Waals surface area contributed by atoms with Crippen molar-refractivity contribution in [1.29, 1.82) is 0 Å². The summed E-state index contributed by atoms with van der Waals surface area (Å²) >= 11 is 0. The van der Waals surface area contributed by atoms with Gasteiger partial charge in [0.05, 0.1) is 11.0 Å². The van der Waals surface area contributed by atoms with Crippen LogP contribution in [0.15, 0.2) is 283 Å². The largest absolute Gasteiger partial charge is 0.456 e. The van der Waals surface area contributed by atoms with Crippen LogP contribution in [-0.2, 0) is 0 Å². The SMILES string of the molecule is c1cc(-c2ccc(N(c3ccc(-c4ccc(-c5cccc(-n6c7ccccc7c7ccccc76)c5)cc4)cc3)c3ccc(-c4cccc5ccccc45)cc3)cc2)cc(-c2ccc3c(c2)oc2ccccc23)c1. The molecule has 0 aliphatic heterocycles. The maximum atomic E-state index is 6.26. The summed E-state index contributed by atoms with van der Waals surface area (Å²) in [5.41, 5.74) is 20.3. The van der Waals surface area contributed by atoms with Crippen molar-refractivity contribution in [2.75, 3.05) is 4.90 Å². The highest BCUT2D eigenvalue weighted by molar-refractivity contribution is 6.09. The first-order valence-corrected chi connectivity index (χ1v) is 25.0. The Morgan fingerprint density at radius 3 is 1.33 bits per heavy atom. The average Bonchev–Trinajstić information content (AvgIpc) is 4.01. The van der Waals surface area contributed by atoms with Crippen LogP contribution in [-0.4, -0.2) is 4.57 Å². The van der Waals surface area contributed by atoms with Crippen LogP contribution in [0.4, 0.5) is 17.1 Å². The van der Waals surface area contributed by atoms with E-state index in [1.54, 1.807) is 0 Å². The van der Waals surface area contributed by atoms with Crippen molar-refractivity contribution < 1.29 is 4.42 Å². The molecular weight excluding hydrogens is 885 g/mol. The normalized spacial score (nSPS) is 11.6. The number of benzene rings is 12. The third-order valence-corrected chi connectivity index (χ3v) is 14.6. The molecule has 14 rings (SSSR count). The summed E-state index contributed by atoms with van der Waals surface area (Å²) in [6, 6.07) is 101. The van der Waals surface area contributed by atoms with Crippen molar-refractivity contribution in [1.82, 2.24) is 4.57 Å². The first kappa shape index (κ1) is 42.2. The molecule has 0 aliphatic carbocycles. The molecule has 0 bridgehead atoms. The van der Waals surface area contributed by atoms with Gasteiger partial charge in [0.25, 0.3) is 0 Å². The second-order valence-corrected chi connectivity index (χ2v) is 18.9. The third-order valence-electron chi connectivity index (χ3n) is 14.6. The number of rotatable bonds is 9. The highest BCUT2D eigenvalue weighted by Gasteiger charge is 2.17. The van der Waals surface area contributed by atoms with E-state index in [9.17, 15) is 0 Å². The van der Waals surface area contributed by atoms with Gasteiger partial charge < -0.3 is 13.9 Å². The Morgan fingerprint density at radius 2 is 0.685 bits per heavy atom. The van der Waals surface area contributed by atoms with Crippen LogP contribution in [0.3, 0.4) is 0 Å². The van der Waals surface area contributed by atoms with E-state index in [0.29, 0.717) is 0 Å². The van der Waals surface area contributed by atoms with E-state index in [2.05, 4.69) is 276 Å². The maximum Gasteiger partial charge on any atom is 0.136 e. The van der Waals surface area contributed by atoms with Gasteiger partial charge in [-0.3, -0.25) is 0 Å². The maximum absolute atomic E-state index is 6.26. The van der Waals surface area contributed by atoms with E-state index < -0.39 is 0 Å². The fourth-order valence-corrected chi connectivity index (χ4v) is 11.0. The predicted octanol–water partition coefficient (Wildman–Crippen LogP) is 19.6. The molecule has 0 spiro atoms. The Balaban J connectivity index is 0.776. The van der Waals surface area contributed by atoms with Crippen molar-refractivity contribution in [2.24, 2.45) is 0 Å². The summed E-state index contributed by atoms with van der Waals surface area (Å²) in [5.74, 6) is 0. The van der Waals surface area contributed by atoms with Crippen LogP contribution in [0.25, 0.3) is 116 Å². The second-order valence-electron chi connectivity index (χ2n) is 18.9. The van der Waals surface area contributed by atoms with E-state index in [4.69, 9.17) is 4.42 Å². The molecule has 0 saturated carbocycles. The molecule has 3 heteroatoms. The number of fused-ring (bicyclic) bond motifs is 7. The zero-order chi connectivity index (χ0) is 48.2. The van der Waals surface area contributed by atoms with Crippen LogP contribution in [0.2, 0.25) is 0 Å². The van der Waals surface area contributed by atoms with Gasteiger partial charge in [-0.05, 0) is 151 Å². The molecule has 0 saturated heterocycles. The summed E-state index contributed by atoms with van der Waals surface area (Å²) in [6.45, 7) is 0. The molecule has 2 aromatic heterocycles. The highest BCUT2D eigenvalue weighted by Crippen LogP contribution is 2.40. The van der Waals surface area contributed by atoms with Gasteiger partial charge in [-0.25, -0.2) is 0 Å². The third kappa shape index (κ3) is 7.54. The van der Waals surface area contributed by atoms with Crippen LogP contribution in [0.5, 0.6) is 0 Å². The minimum atomic E-state index is 0.901. The van der Waals surface area contributed by atoms with Gasteiger partial charge in [-0.1, -0.05) is 194 Å². The number of hydrogen-bond acceptors (Lipinski definition) is 2. The van der Waals surface area contributed by atoms with Crippen molar-refractivity contribution >= 4 is 71.6 Å². The van der Waals surface area contributed by atoms with Crippen molar-refractivity contribution in [2.45, 2.75) is 0 Å². The Hall–Kier alpha value is -9.70. The minimum Gasteiger partial charge on any atom is -0.456 e. The topological polar surface area (TPSA) is 21.3 Å². The Morgan fingerprint density at radius 1 is 0.260 bits per heavy atom. The second kappa shape index (κ2) is 17.6. The molecule has 14 aromatic rings. The fourth-order valence-electron chi connectivity index (χ4n) is 11.0.